The van der Waals surface area contributed by atoms with Crippen molar-refractivity contribution in [1.82, 2.24) is 0 Å². The number of hydrogen-bond donors (Lipinski definition) is 1. The van der Waals surface area contributed by atoms with E-state index in [1.54, 1.807) is 18.2 Å². The van der Waals surface area contributed by atoms with Crippen LogP contribution in [0.25, 0.3) is 0 Å². The highest BCUT2D eigenvalue weighted by molar-refractivity contribution is 6.33. The summed E-state index contributed by atoms with van der Waals surface area (Å²) in [6, 6.07) is 5.04. The minimum absolute atomic E-state index is 0.202. The first-order valence-electron chi connectivity index (χ1n) is 6.37. The first kappa shape index (κ1) is 14.2. The predicted molar refractivity (Wildman–Crippen MR) is 74.9 cm³/mol. The van der Waals surface area contributed by atoms with Crippen molar-refractivity contribution in [2.75, 3.05) is 19.0 Å². The Morgan fingerprint density at radius 1 is 1.53 bits per heavy atom. The molecule has 0 amide bonds. The van der Waals surface area contributed by atoms with Gasteiger partial charge in [0.25, 0.3) is 0 Å². The van der Waals surface area contributed by atoms with Gasteiger partial charge in [-0.05, 0) is 38.0 Å². The number of methoxy groups -OCH3 is 1. The Hall–Kier alpha value is -1.26. The predicted octanol–water partition coefficient (Wildman–Crippen LogP) is 3.11. The lowest BCUT2D eigenvalue weighted by atomic mass is 10.2. The number of nitrogens with one attached hydrogen (secondary N) is 1. The number of esters is 1. The summed E-state index contributed by atoms with van der Waals surface area (Å²) >= 11 is 6.10. The van der Waals surface area contributed by atoms with Gasteiger partial charge >= 0.3 is 5.97 Å². The summed E-state index contributed by atoms with van der Waals surface area (Å²) < 4.78 is 10.4. The van der Waals surface area contributed by atoms with E-state index in [1.807, 2.05) is 0 Å². The lowest BCUT2D eigenvalue weighted by Gasteiger charge is -2.14. The average Bonchev–Trinajstić information content (AvgIpc) is 2.82. The van der Waals surface area contributed by atoms with E-state index in [-0.39, 0.29) is 12.1 Å². The largest absolute Gasteiger partial charge is 0.465 e. The van der Waals surface area contributed by atoms with Gasteiger partial charge in [-0.1, -0.05) is 11.6 Å². The molecule has 1 saturated heterocycles. The SMILES string of the molecule is COC(=O)c1ccc(Cl)c(NCC2CCC(C)O2)c1. The molecule has 1 aliphatic rings. The average molecular weight is 284 g/mol. The van der Waals surface area contributed by atoms with E-state index >= 15 is 0 Å². The molecule has 19 heavy (non-hydrogen) atoms. The van der Waals surface area contributed by atoms with E-state index in [0.717, 1.165) is 18.5 Å². The van der Waals surface area contributed by atoms with Crippen molar-refractivity contribution < 1.29 is 14.3 Å². The topological polar surface area (TPSA) is 47.6 Å². The molecule has 1 aromatic rings. The fourth-order valence-electron chi connectivity index (χ4n) is 2.16. The lowest BCUT2D eigenvalue weighted by Crippen LogP contribution is -2.20. The van der Waals surface area contributed by atoms with Crippen LogP contribution in [0.4, 0.5) is 5.69 Å². The standard InChI is InChI=1S/C14H18ClNO3/c1-9-3-5-11(19-9)8-16-13-7-10(14(17)18-2)4-6-12(13)15/h4,6-7,9,11,16H,3,5,8H2,1-2H3. The zero-order valence-corrected chi connectivity index (χ0v) is 11.9. The minimum Gasteiger partial charge on any atom is -0.465 e. The number of carbonyl (C=O) groups is 1. The first-order valence-corrected chi connectivity index (χ1v) is 6.75. The van der Waals surface area contributed by atoms with E-state index in [1.165, 1.54) is 7.11 Å². The summed E-state index contributed by atoms with van der Waals surface area (Å²) in [6.07, 6.45) is 2.65. The van der Waals surface area contributed by atoms with Gasteiger partial charge in [-0.2, -0.15) is 0 Å². The summed E-state index contributed by atoms with van der Waals surface area (Å²) in [6.45, 7) is 2.76. The molecular formula is C14H18ClNO3. The number of benzene rings is 1. The summed E-state index contributed by atoms with van der Waals surface area (Å²) in [7, 11) is 1.36. The molecule has 0 aromatic heterocycles. The number of halogens is 1. The third-order valence-electron chi connectivity index (χ3n) is 3.23. The van der Waals surface area contributed by atoms with Crippen LogP contribution < -0.4 is 5.32 Å². The highest BCUT2D eigenvalue weighted by Gasteiger charge is 2.21. The second-order valence-electron chi connectivity index (χ2n) is 4.71. The first-order chi connectivity index (χ1) is 9.10. The summed E-state index contributed by atoms with van der Waals surface area (Å²) in [5.41, 5.74) is 1.21. The van der Waals surface area contributed by atoms with Crippen molar-refractivity contribution in [3.63, 3.8) is 0 Å². The Balaban J connectivity index is 2.00. The fraction of sp³-hybridized carbons (Fsp3) is 0.500. The van der Waals surface area contributed by atoms with Crippen LogP contribution in [0.1, 0.15) is 30.1 Å². The van der Waals surface area contributed by atoms with Crippen molar-refractivity contribution >= 4 is 23.3 Å². The van der Waals surface area contributed by atoms with Crippen molar-refractivity contribution in [2.45, 2.75) is 32.0 Å². The summed E-state index contributed by atoms with van der Waals surface area (Å²) in [5, 5.41) is 3.81. The molecule has 104 valence electrons. The molecule has 1 aromatic carbocycles. The minimum atomic E-state index is -0.370. The van der Waals surface area contributed by atoms with Crippen LogP contribution in [0.15, 0.2) is 18.2 Å². The molecule has 2 unspecified atom stereocenters. The molecule has 0 saturated carbocycles. The second kappa shape index (κ2) is 6.26. The van der Waals surface area contributed by atoms with Gasteiger partial charge in [-0.25, -0.2) is 4.79 Å². The molecule has 0 bridgehead atoms. The Labute approximate surface area is 118 Å². The molecule has 0 radical (unpaired) electrons. The molecule has 1 fully saturated rings. The smallest absolute Gasteiger partial charge is 0.337 e. The van der Waals surface area contributed by atoms with Gasteiger partial charge in [0.15, 0.2) is 0 Å². The van der Waals surface area contributed by atoms with Gasteiger partial charge < -0.3 is 14.8 Å². The number of hydrogen-bond acceptors (Lipinski definition) is 4. The Kier molecular flexibility index (Phi) is 4.66. The second-order valence-corrected chi connectivity index (χ2v) is 5.12. The highest BCUT2D eigenvalue weighted by atomic mass is 35.5. The van der Waals surface area contributed by atoms with Crippen LogP contribution in [0.5, 0.6) is 0 Å². The van der Waals surface area contributed by atoms with Crippen LogP contribution >= 0.6 is 11.6 Å². The maximum Gasteiger partial charge on any atom is 0.337 e. The maximum atomic E-state index is 11.5. The third kappa shape index (κ3) is 3.61. The Morgan fingerprint density at radius 3 is 2.95 bits per heavy atom. The molecule has 5 heteroatoms. The molecule has 1 aliphatic heterocycles. The molecule has 1 heterocycles. The van der Waals surface area contributed by atoms with E-state index in [9.17, 15) is 4.79 Å². The molecule has 2 atom stereocenters. The maximum absolute atomic E-state index is 11.5. The fourth-order valence-corrected chi connectivity index (χ4v) is 2.35. The van der Waals surface area contributed by atoms with Gasteiger partial charge in [0.2, 0.25) is 0 Å². The lowest BCUT2D eigenvalue weighted by molar-refractivity contribution is 0.0600. The molecule has 1 N–H and O–H groups in total. The van der Waals surface area contributed by atoms with Crippen molar-refractivity contribution in [2.24, 2.45) is 0 Å². The number of ether oxygens (including phenoxy) is 2. The van der Waals surface area contributed by atoms with E-state index < -0.39 is 0 Å². The van der Waals surface area contributed by atoms with Crippen molar-refractivity contribution in [1.29, 1.82) is 0 Å². The zero-order valence-electron chi connectivity index (χ0n) is 11.1. The molecule has 0 spiro atoms. The van der Waals surface area contributed by atoms with Crippen LogP contribution in [0.2, 0.25) is 5.02 Å². The zero-order chi connectivity index (χ0) is 13.8. The molecular weight excluding hydrogens is 266 g/mol. The third-order valence-corrected chi connectivity index (χ3v) is 3.56. The van der Waals surface area contributed by atoms with Crippen molar-refractivity contribution in [3.8, 4) is 0 Å². The number of carbonyl (C=O) groups excluding carboxylic acids is 1. The van der Waals surface area contributed by atoms with Gasteiger partial charge in [-0.15, -0.1) is 0 Å². The summed E-state index contributed by atoms with van der Waals surface area (Å²) in [5.74, 6) is -0.370. The quantitative estimate of drug-likeness (QED) is 0.863. The van der Waals surface area contributed by atoms with Gasteiger partial charge in [0.05, 0.1) is 35.6 Å². The van der Waals surface area contributed by atoms with Crippen LogP contribution in [0, 0.1) is 0 Å². The monoisotopic (exact) mass is 283 g/mol. The van der Waals surface area contributed by atoms with Gasteiger partial charge in [0.1, 0.15) is 0 Å². The van der Waals surface area contributed by atoms with Gasteiger partial charge in [-0.3, -0.25) is 0 Å². The Bertz CT molecular complexity index is 464. The highest BCUT2D eigenvalue weighted by Crippen LogP contribution is 2.25. The van der Waals surface area contributed by atoms with Crippen molar-refractivity contribution in [3.05, 3.63) is 28.8 Å². The Morgan fingerprint density at radius 2 is 2.32 bits per heavy atom. The number of rotatable bonds is 4. The molecule has 0 aliphatic carbocycles. The molecule has 2 rings (SSSR count). The molecule has 4 nitrogen and oxygen atoms in total. The van der Waals surface area contributed by atoms with Crippen LogP contribution in [0.3, 0.4) is 0 Å². The number of anilines is 1. The van der Waals surface area contributed by atoms with Gasteiger partial charge in [0, 0.05) is 6.54 Å². The van der Waals surface area contributed by atoms with Crippen LogP contribution in [-0.2, 0) is 9.47 Å². The van der Waals surface area contributed by atoms with Crippen LogP contribution in [-0.4, -0.2) is 31.8 Å². The normalized spacial score (nSPS) is 22.3. The summed E-state index contributed by atoms with van der Waals surface area (Å²) in [4.78, 5) is 11.5. The van der Waals surface area contributed by atoms with E-state index in [0.29, 0.717) is 23.2 Å². The van der Waals surface area contributed by atoms with E-state index in [4.69, 9.17) is 16.3 Å². The van der Waals surface area contributed by atoms with E-state index in [2.05, 4.69) is 17.0 Å².